The highest BCUT2D eigenvalue weighted by Crippen LogP contribution is 2.20. The van der Waals surface area contributed by atoms with Gasteiger partial charge in [-0.2, -0.15) is 0 Å². The van der Waals surface area contributed by atoms with E-state index >= 15 is 0 Å². The lowest BCUT2D eigenvalue weighted by Crippen LogP contribution is -2.34. The maximum atomic E-state index is 3.78. The Morgan fingerprint density at radius 1 is 1.00 bits per heavy atom. The van der Waals surface area contributed by atoms with Crippen LogP contribution >= 0.6 is 0 Å². The van der Waals surface area contributed by atoms with Gasteiger partial charge in [0, 0.05) is 18.4 Å². The molecule has 1 aromatic rings. The van der Waals surface area contributed by atoms with E-state index in [1.807, 2.05) is 18.2 Å². The standard InChI is InChI=1S/C9H18N2.C5H5N/c1-2-9(1)11-7-8-3-5-10-6-4-8;1-2-4-6-5-3-1/h8-11H,1-7H2;1-5H. The van der Waals surface area contributed by atoms with Crippen LogP contribution in [0.2, 0.25) is 0 Å². The zero-order chi connectivity index (χ0) is 11.8. The second-order valence-corrected chi connectivity index (χ2v) is 4.90. The number of nitrogens with zero attached hydrogens (tertiary/aromatic N) is 1. The lowest BCUT2D eigenvalue weighted by atomic mass is 9.98. The Kier molecular flexibility index (Phi) is 5.46. The van der Waals surface area contributed by atoms with Gasteiger partial charge in [-0.25, -0.2) is 0 Å². The van der Waals surface area contributed by atoms with Crippen LogP contribution in [0.25, 0.3) is 0 Å². The van der Waals surface area contributed by atoms with Gasteiger partial charge in [0.2, 0.25) is 0 Å². The Bertz CT molecular complexity index is 252. The molecule has 2 fully saturated rings. The van der Waals surface area contributed by atoms with Crippen LogP contribution in [0, 0.1) is 5.92 Å². The van der Waals surface area contributed by atoms with E-state index in [0.717, 1.165) is 12.0 Å². The van der Waals surface area contributed by atoms with Crippen molar-refractivity contribution in [2.75, 3.05) is 19.6 Å². The summed E-state index contributed by atoms with van der Waals surface area (Å²) in [5, 5.41) is 6.99. The average Bonchev–Trinajstić information content (AvgIpc) is 3.25. The Labute approximate surface area is 104 Å². The largest absolute Gasteiger partial charge is 0.317 e. The molecule has 3 nitrogen and oxygen atoms in total. The molecule has 2 aliphatic rings. The Hall–Kier alpha value is -0.930. The van der Waals surface area contributed by atoms with Gasteiger partial charge in [0.05, 0.1) is 0 Å². The third-order valence-corrected chi connectivity index (χ3v) is 3.30. The van der Waals surface area contributed by atoms with Crippen molar-refractivity contribution in [2.24, 2.45) is 5.92 Å². The fourth-order valence-corrected chi connectivity index (χ4v) is 2.02. The molecule has 0 spiro atoms. The minimum Gasteiger partial charge on any atom is -0.317 e. The van der Waals surface area contributed by atoms with Crippen LogP contribution in [-0.2, 0) is 0 Å². The number of nitrogens with one attached hydrogen (secondary N) is 2. The quantitative estimate of drug-likeness (QED) is 0.836. The highest BCUT2D eigenvalue weighted by molar-refractivity contribution is 4.88. The smallest absolute Gasteiger partial charge is 0.0267 e. The topological polar surface area (TPSA) is 37.0 Å². The van der Waals surface area contributed by atoms with Crippen molar-refractivity contribution in [3.63, 3.8) is 0 Å². The van der Waals surface area contributed by atoms with E-state index in [0.29, 0.717) is 0 Å². The van der Waals surface area contributed by atoms with Crippen LogP contribution in [-0.4, -0.2) is 30.7 Å². The molecule has 0 unspecified atom stereocenters. The number of aromatic nitrogens is 1. The summed E-state index contributed by atoms with van der Waals surface area (Å²) in [6.07, 6.45) is 9.09. The van der Waals surface area contributed by atoms with Crippen molar-refractivity contribution >= 4 is 0 Å². The summed E-state index contributed by atoms with van der Waals surface area (Å²) in [4.78, 5) is 3.78. The van der Waals surface area contributed by atoms with Crippen LogP contribution in [0.15, 0.2) is 30.6 Å². The Balaban J connectivity index is 0.000000153. The van der Waals surface area contributed by atoms with Gasteiger partial charge in [-0.05, 0) is 63.4 Å². The monoisotopic (exact) mass is 233 g/mol. The summed E-state index contributed by atoms with van der Waals surface area (Å²) < 4.78 is 0. The van der Waals surface area contributed by atoms with Crippen LogP contribution in [0.3, 0.4) is 0 Å². The molecular formula is C14H23N3. The summed E-state index contributed by atoms with van der Waals surface area (Å²) in [7, 11) is 0. The maximum Gasteiger partial charge on any atom is 0.0267 e. The molecular weight excluding hydrogens is 210 g/mol. The highest BCUT2D eigenvalue weighted by Gasteiger charge is 2.22. The molecule has 2 heterocycles. The van der Waals surface area contributed by atoms with E-state index in [1.165, 1.54) is 45.3 Å². The molecule has 1 aliphatic heterocycles. The van der Waals surface area contributed by atoms with Gasteiger partial charge in [-0.1, -0.05) is 6.07 Å². The summed E-state index contributed by atoms with van der Waals surface area (Å²) in [6, 6.07) is 6.61. The first-order valence-electron chi connectivity index (χ1n) is 6.74. The number of hydrogen-bond donors (Lipinski definition) is 2. The molecule has 1 saturated carbocycles. The van der Waals surface area contributed by atoms with Crippen molar-refractivity contribution in [1.82, 2.24) is 15.6 Å². The van der Waals surface area contributed by atoms with Gasteiger partial charge in [0.15, 0.2) is 0 Å². The molecule has 0 atom stereocenters. The van der Waals surface area contributed by atoms with E-state index in [9.17, 15) is 0 Å². The molecule has 94 valence electrons. The van der Waals surface area contributed by atoms with Gasteiger partial charge in [0.25, 0.3) is 0 Å². The lowest BCUT2D eigenvalue weighted by molar-refractivity contribution is 0.356. The van der Waals surface area contributed by atoms with Gasteiger partial charge in [-0.15, -0.1) is 0 Å². The van der Waals surface area contributed by atoms with Crippen molar-refractivity contribution in [2.45, 2.75) is 31.7 Å². The molecule has 0 bridgehead atoms. The minimum absolute atomic E-state index is 0.893. The maximum absolute atomic E-state index is 3.78. The van der Waals surface area contributed by atoms with E-state index < -0.39 is 0 Å². The van der Waals surface area contributed by atoms with Crippen LogP contribution in [0.4, 0.5) is 0 Å². The zero-order valence-electron chi connectivity index (χ0n) is 10.4. The second-order valence-electron chi connectivity index (χ2n) is 4.90. The zero-order valence-corrected chi connectivity index (χ0v) is 10.4. The molecule has 17 heavy (non-hydrogen) atoms. The summed E-state index contributed by atoms with van der Waals surface area (Å²) >= 11 is 0. The van der Waals surface area contributed by atoms with Gasteiger partial charge >= 0.3 is 0 Å². The van der Waals surface area contributed by atoms with E-state index in [4.69, 9.17) is 0 Å². The van der Waals surface area contributed by atoms with Gasteiger partial charge in [0.1, 0.15) is 0 Å². The van der Waals surface area contributed by atoms with E-state index in [-0.39, 0.29) is 0 Å². The molecule has 3 rings (SSSR count). The molecule has 3 heteroatoms. The van der Waals surface area contributed by atoms with E-state index in [1.54, 1.807) is 12.4 Å². The highest BCUT2D eigenvalue weighted by atomic mass is 15.0. The molecule has 0 radical (unpaired) electrons. The van der Waals surface area contributed by atoms with Crippen molar-refractivity contribution in [1.29, 1.82) is 0 Å². The van der Waals surface area contributed by atoms with Crippen molar-refractivity contribution in [3.05, 3.63) is 30.6 Å². The first-order chi connectivity index (χ1) is 8.45. The van der Waals surface area contributed by atoms with Crippen molar-refractivity contribution < 1.29 is 0 Å². The lowest BCUT2D eigenvalue weighted by Gasteiger charge is -2.22. The Morgan fingerprint density at radius 2 is 1.71 bits per heavy atom. The third-order valence-electron chi connectivity index (χ3n) is 3.30. The van der Waals surface area contributed by atoms with Crippen LogP contribution in [0.5, 0.6) is 0 Å². The fraction of sp³-hybridized carbons (Fsp3) is 0.643. The summed E-state index contributed by atoms with van der Waals surface area (Å²) in [5.41, 5.74) is 0. The van der Waals surface area contributed by atoms with Crippen molar-refractivity contribution in [3.8, 4) is 0 Å². The molecule has 1 saturated heterocycles. The SMILES string of the molecule is C1CC(CNC2CC2)CCN1.c1ccncc1. The van der Waals surface area contributed by atoms with Crippen LogP contribution in [0.1, 0.15) is 25.7 Å². The first-order valence-corrected chi connectivity index (χ1v) is 6.74. The molecule has 1 aromatic heterocycles. The predicted octanol–water partition coefficient (Wildman–Crippen LogP) is 1.82. The summed E-state index contributed by atoms with van der Waals surface area (Å²) in [6.45, 7) is 3.74. The number of pyridine rings is 1. The Morgan fingerprint density at radius 3 is 2.18 bits per heavy atom. The molecule has 1 aliphatic carbocycles. The van der Waals surface area contributed by atoms with Gasteiger partial charge < -0.3 is 10.6 Å². The average molecular weight is 233 g/mol. The first kappa shape index (κ1) is 12.5. The second kappa shape index (κ2) is 7.41. The third kappa shape index (κ3) is 5.80. The number of hydrogen-bond acceptors (Lipinski definition) is 3. The summed E-state index contributed by atoms with van der Waals surface area (Å²) in [5.74, 6) is 0.955. The minimum atomic E-state index is 0.893. The fourth-order valence-electron chi connectivity index (χ4n) is 2.02. The number of rotatable bonds is 3. The predicted molar refractivity (Wildman–Crippen MR) is 70.9 cm³/mol. The van der Waals surface area contributed by atoms with Gasteiger partial charge in [-0.3, -0.25) is 4.98 Å². The molecule has 0 aromatic carbocycles. The molecule has 0 amide bonds. The molecule has 2 N–H and O–H groups in total. The normalized spacial score (nSPS) is 20.5. The van der Waals surface area contributed by atoms with E-state index in [2.05, 4.69) is 15.6 Å². The number of piperidine rings is 1. The van der Waals surface area contributed by atoms with Crippen LogP contribution < -0.4 is 10.6 Å².